The van der Waals surface area contributed by atoms with Crippen molar-refractivity contribution >= 4 is 23.8 Å². The van der Waals surface area contributed by atoms with E-state index in [0.29, 0.717) is 11.1 Å². The zero-order chi connectivity index (χ0) is 30.6. The molecule has 7 rings (SSSR count). The van der Waals surface area contributed by atoms with E-state index in [4.69, 9.17) is 20.5 Å². The van der Waals surface area contributed by atoms with Crippen molar-refractivity contribution in [3.63, 3.8) is 0 Å². The summed E-state index contributed by atoms with van der Waals surface area (Å²) in [5.41, 5.74) is 11.6. The smallest absolute Gasteiger partial charge is 0.0991 e. The topological polar surface area (TPSA) is 72.3 Å². The first-order valence-corrected chi connectivity index (χ1v) is 14.7. The molecule has 0 saturated carbocycles. The number of fused-ring (bicyclic) bond motifs is 3. The lowest BCUT2D eigenvalue weighted by Crippen LogP contribution is -2.28. The lowest BCUT2D eigenvalue weighted by Gasteiger charge is -2.34. The molecule has 0 atom stereocenters. The van der Waals surface area contributed by atoms with Crippen LogP contribution in [0.1, 0.15) is 44.5 Å². The number of hydrogen-bond donors (Lipinski definition) is 0. The molecule has 0 spiro atoms. The first kappa shape index (κ1) is 27.5. The van der Waals surface area contributed by atoms with Crippen LogP contribution < -0.4 is 0 Å². The monoisotopic (exact) mass is 574 g/mol. The maximum Gasteiger partial charge on any atom is 0.0991 e. The van der Waals surface area contributed by atoms with Gasteiger partial charge in [0.2, 0.25) is 0 Å². The van der Waals surface area contributed by atoms with Gasteiger partial charge in [-0.15, -0.1) is 0 Å². The summed E-state index contributed by atoms with van der Waals surface area (Å²) < 4.78 is 0. The average Bonchev–Trinajstić information content (AvgIpc) is 3.42. The fraction of sp³-hybridized carbons (Fsp3) is 0.0244. The fourth-order valence-electron chi connectivity index (χ4n) is 6.20. The maximum absolute atomic E-state index is 9.08. The molecular weight excluding hydrogens is 548 g/mol. The predicted octanol–water partition coefficient (Wildman–Crippen LogP) is 9.29. The molecule has 0 heterocycles. The van der Waals surface area contributed by atoms with Gasteiger partial charge in [0.25, 0.3) is 0 Å². The van der Waals surface area contributed by atoms with Gasteiger partial charge in [-0.25, -0.2) is 0 Å². The number of nitriles is 2. The molecule has 0 bridgehead atoms. The Morgan fingerprint density at radius 2 is 0.822 bits per heavy atom. The van der Waals surface area contributed by atoms with E-state index in [1.165, 1.54) is 22.3 Å². The Hall–Kier alpha value is -6.36. The third kappa shape index (κ3) is 5.01. The van der Waals surface area contributed by atoms with Crippen LogP contribution in [0.15, 0.2) is 156 Å². The van der Waals surface area contributed by atoms with E-state index in [9.17, 15) is 0 Å². The van der Waals surface area contributed by atoms with E-state index in [0.717, 1.165) is 33.6 Å². The number of nitrogens with zero attached hydrogens (tertiary/aromatic N) is 4. The van der Waals surface area contributed by atoms with Crippen LogP contribution in [-0.2, 0) is 5.41 Å². The highest BCUT2D eigenvalue weighted by molar-refractivity contribution is 5.87. The third-order valence-electron chi connectivity index (χ3n) is 8.36. The molecule has 0 aromatic heterocycles. The van der Waals surface area contributed by atoms with E-state index in [1.807, 2.05) is 36.7 Å². The summed E-state index contributed by atoms with van der Waals surface area (Å²) in [4.78, 5) is 9.42. The number of aliphatic imine (C=N–C) groups is 2. The van der Waals surface area contributed by atoms with E-state index < -0.39 is 5.41 Å². The van der Waals surface area contributed by atoms with Gasteiger partial charge in [-0.1, -0.05) is 97.1 Å². The van der Waals surface area contributed by atoms with Gasteiger partial charge in [0, 0.05) is 12.4 Å². The molecule has 0 radical (unpaired) electrons. The van der Waals surface area contributed by atoms with Crippen LogP contribution in [0.3, 0.4) is 0 Å². The molecule has 45 heavy (non-hydrogen) atoms. The Labute approximate surface area is 262 Å². The van der Waals surface area contributed by atoms with Crippen LogP contribution in [0.5, 0.6) is 0 Å². The van der Waals surface area contributed by atoms with Crippen molar-refractivity contribution in [1.29, 1.82) is 10.5 Å². The minimum Gasteiger partial charge on any atom is -0.256 e. The van der Waals surface area contributed by atoms with Gasteiger partial charge in [-0.3, -0.25) is 9.98 Å². The van der Waals surface area contributed by atoms with Crippen molar-refractivity contribution in [2.24, 2.45) is 9.98 Å². The van der Waals surface area contributed by atoms with Crippen LogP contribution in [0.4, 0.5) is 11.4 Å². The highest BCUT2D eigenvalue weighted by Gasteiger charge is 2.45. The van der Waals surface area contributed by atoms with Crippen LogP contribution in [0.25, 0.3) is 11.1 Å². The molecule has 6 aromatic carbocycles. The number of benzene rings is 6. The van der Waals surface area contributed by atoms with Crippen molar-refractivity contribution < 1.29 is 0 Å². The minimum atomic E-state index is -0.516. The number of rotatable bonds is 6. The molecule has 4 heteroatoms. The maximum atomic E-state index is 9.08. The van der Waals surface area contributed by atoms with E-state index in [2.05, 4.69) is 109 Å². The molecule has 1 aliphatic rings. The summed E-state index contributed by atoms with van der Waals surface area (Å²) in [5.74, 6) is 0. The van der Waals surface area contributed by atoms with Gasteiger partial charge in [0.1, 0.15) is 0 Å². The molecule has 4 nitrogen and oxygen atoms in total. The van der Waals surface area contributed by atoms with Crippen LogP contribution in [-0.4, -0.2) is 12.4 Å². The Morgan fingerprint density at radius 1 is 0.444 bits per heavy atom. The molecule has 0 N–H and O–H groups in total. The average molecular weight is 575 g/mol. The van der Waals surface area contributed by atoms with Gasteiger partial charge in [0.15, 0.2) is 0 Å². The first-order chi connectivity index (χ1) is 22.2. The summed E-state index contributed by atoms with van der Waals surface area (Å²) >= 11 is 0. The molecule has 210 valence electrons. The van der Waals surface area contributed by atoms with E-state index in [-0.39, 0.29) is 0 Å². The second-order valence-corrected chi connectivity index (χ2v) is 10.9. The summed E-state index contributed by atoms with van der Waals surface area (Å²) in [7, 11) is 0. The van der Waals surface area contributed by atoms with Crippen LogP contribution >= 0.6 is 0 Å². The molecule has 0 saturated heterocycles. The zero-order valence-corrected chi connectivity index (χ0v) is 24.3. The molecular formula is C41H26N4. The van der Waals surface area contributed by atoms with Crippen molar-refractivity contribution in [3.8, 4) is 23.3 Å². The highest BCUT2D eigenvalue weighted by atomic mass is 14.7. The van der Waals surface area contributed by atoms with Gasteiger partial charge in [-0.2, -0.15) is 10.5 Å². The quantitative estimate of drug-likeness (QED) is 0.186. The van der Waals surface area contributed by atoms with Gasteiger partial charge >= 0.3 is 0 Å². The van der Waals surface area contributed by atoms with Crippen molar-refractivity contribution in [2.75, 3.05) is 0 Å². The fourth-order valence-corrected chi connectivity index (χ4v) is 6.20. The van der Waals surface area contributed by atoms with E-state index >= 15 is 0 Å². The van der Waals surface area contributed by atoms with Crippen LogP contribution in [0, 0.1) is 22.7 Å². The van der Waals surface area contributed by atoms with Crippen molar-refractivity contribution in [3.05, 3.63) is 190 Å². The standard InChI is InChI=1S/C41H26N4/c42-25-29-9-13-31(14-10-29)27-44-35-21-17-33(18-22-35)41(39-7-3-1-5-37(39)38-6-2-4-8-40(38)41)34-19-23-36(24-20-34)45-28-32-15-11-30(26-43)12-16-32/h1-24,27-28H. The summed E-state index contributed by atoms with van der Waals surface area (Å²) in [5, 5.41) is 18.2. The zero-order valence-electron chi connectivity index (χ0n) is 24.3. The molecule has 0 unspecified atom stereocenters. The lowest BCUT2D eigenvalue weighted by atomic mass is 9.67. The Kier molecular flexibility index (Phi) is 7.16. The minimum absolute atomic E-state index is 0.516. The largest absolute Gasteiger partial charge is 0.256 e. The summed E-state index contributed by atoms with van der Waals surface area (Å²) in [6.45, 7) is 0. The molecule has 6 aromatic rings. The van der Waals surface area contributed by atoms with Gasteiger partial charge in [-0.05, 0) is 93.0 Å². The number of hydrogen-bond acceptors (Lipinski definition) is 4. The summed E-state index contributed by atoms with van der Waals surface area (Å²) in [6, 6.07) is 53.4. The molecule has 1 aliphatic carbocycles. The third-order valence-corrected chi connectivity index (χ3v) is 8.36. The van der Waals surface area contributed by atoms with Crippen molar-refractivity contribution in [2.45, 2.75) is 5.41 Å². The SMILES string of the molecule is N#Cc1ccc(C=Nc2ccc(C3(c4ccc(N=Cc5ccc(C#N)cc5)cc4)c4ccccc4-c4ccccc43)cc2)cc1. The molecule has 0 amide bonds. The summed E-state index contributed by atoms with van der Waals surface area (Å²) in [6.07, 6.45) is 3.65. The Balaban J connectivity index is 1.29. The normalized spacial score (nSPS) is 12.8. The highest BCUT2D eigenvalue weighted by Crippen LogP contribution is 2.56. The Bertz CT molecular complexity index is 1980. The second kappa shape index (κ2) is 11.7. The van der Waals surface area contributed by atoms with Crippen molar-refractivity contribution in [1.82, 2.24) is 0 Å². The van der Waals surface area contributed by atoms with Crippen LogP contribution in [0.2, 0.25) is 0 Å². The van der Waals surface area contributed by atoms with Gasteiger partial charge < -0.3 is 0 Å². The van der Waals surface area contributed by atoms with Gasteiger partial charge in [0.05, 0.1) is 40.1 Å². The Morgan fingerprint density at radius 3 is 1.20 bits per heavy atom. The first-order valence-electron chi connectivity index (χ1n) is 14.7. The second-order valence-electron chi connectivity index (χ2n) is 10.9. The lowest BCUT2D eigenvalue weighted by molar-refractivity contribution is 0.768. The predicted molar refractivity (Wildman–Crippen MR) is 181 cm³/mol. The molecule has 0 aliphatic heterocycles. The molecule has 0 fully saturated rings. The van der Waals surface area contributed by atoms with E-state index in [1.54, 1.807) is 24.3 Å².